The van der Waals surface area contributed by atoms with E-state index in [1.807, 2.05) is 13.8 Å². The fourth-order valence-electron chi connectivity index (χ4n) is 11.2. The molecule has 5 aliphatic carbocycles. The van der Waals surface area contributed by atoms with Crippen molar-refractivity contribution in [2.24, 2.45) is 56.2 Å². The zero-order valence-corrected chi connectivity index (χ0v) is 24.3. The molecular weight excluding hydrogens is 464 g/mol. The summed E-state index contributed by atoms with van der Waals surface area (Å²) >= 11 is 0. The van der Waals surface area contributed by atoms with Crippen LogP contribution in [0.2, 0.25) is 0 Å². The molecule has 0 unspecified atom stereocenters. The van der Waals surface area contributed by atoms with Crippen molar-refractivity contribution in [3.63, 3.8) is 0 Å². The number of fused-ring (bicyclic) bond motifs is 7. The third-order valence-corrected chi connectivity index (χ3v) is 13.3. The van der Waals surface area contributed by atoms with Crippen LogP contribution < -0.4 is 0 Å². The summed E-state index contributed by atoms with van der Waals surface area (Å²) in [6, 6.07) is 0. The fourth-order valence-corrected chi connectivity index (χ4v) is 11.2. The predicted molar refractivity (Wildman–Crippen MR) is 143 cm³/mol. The van der Waals surface area contributed by atoms with Gasteiger partial charge in [0, 0.05) is 23.3 Å². The van der Waals surface area contributed by atoms with E-state index in [9.17, 15) is 19.5 Å². The lowest BCUT2D eigenvalue weighted by molar-refractivity contribution is -0.233. The third kappa shape index (κ3) is 3.24. The number of hydrogen-bond donors (Lipinski definition) is 1. The first-order valence-corrected chi connectivity index (χ1v) is 14.5. The number of esters is 1. The van der Waals surface area contributed by atoms with E-state index in [0.717, 1.165) is 51.2 Å². The molecule has 5 heteroatoms. The molecule has 0 aromatic carbocycles. The van der Waals surface area contributed by atoms with Crippen LogP contribution >= 0.6 is 0 Å². The Morgan fingerprint density at radius 1 is 0.919 bits per heavy atom. The van der Waals surface area contributed by atoms with Crippen molar-refractivity contribution in [2.45, 2.75) is 106 Å². The van der Waals surface area contributed by atoms with Crippen molar-refractivity contribution in [3.05, 3.63) is 11.8 Å². The molecule has 0 amide bonds. The molecule has 5 nitrogen and oxygen atoms in total. The number of Topliss-reactive ketones (excluding diaryl/α,β-unsaturated/α-hetero) is 2. The number of carbonyl (C=O) groups excluding carboxylic acids is 3. The van der Waals surface area contributed by atoms with Gasteiger partial charge in [0.25, 0.3) is 0 Å². The summed E-state index contributed by atoms with van der Waals surface area (Å²) in [4.78, 5) is 41.1. The van der Waals surface area contributed by atoms with Crippen molar-refractivity contribution in [3.8, 4) is 0 Å². The molecule has 5 rings (SSSR count). The number of ketones is 2. The van der Waals surface area contributed by atoms with Crippen LogP contribution in [0.3, 0.4) is 0 Å². The first-order valence-electron chi connectivity index (χ1n) is 14.5. The van der Waals surface area contributed by atoms with E-state index in [1.54, 1.807) is 0 Å². The summed E-state index contributed by atoms with van der Waals surface area (Å²) in [6.07, 6.45) is 8.32. The Morgan fingerprint density at radius 3 is 2.19 bits per heavy atom. The molecule has 1 N–H and O–H groups in total. The van der Waals surface area contributed by atoms with Crippen LogP contribution in [-0.2, 0) is 19.1 Å². The van der Waals surface area contributed by atoms with E-state index in [-0.39, 0.29) is 57.1 Å². The average molecular weight is 513 g/mol. The molecule has 0 heterocycles. The monoisotopic (exact) mass is 512 g/mol. The summed E-state index contributed by atoms with van der Waals surface area (Å²) in [6.45, 7) is 15.7. The molecule has 0 aromatic heterocycles. The summed E-state index contributed by atoms with van der Waals surface area (Å²) in [5.74, 6) is 0.425. The van der Waals surface area contributed by atoms with Crippen molar-refractivity contribution in [2.75, 3.05) is 7.11 Å². The number of carbonyl (C=O) groups is 3. The SMILES string of the molecule is COC(=O)[C@]12CCC(C)(C)C[C@@H]1[C@H]1C(=O)C[C@@H]3[C@@]4(C)C/C(=C\O)C(=O)C(C)(C)[C@@H]4CC[C@@]3(C)[C@]1(C)CC2. The zero-order chi connectivity index (χ0) is 27.4. The first-order chi connectivity index (χ1) is 17.0. The molecule has 0 spiro atoms. The van der Waals surface area contributed by atoms with Crippen molar-refractivity contribution in [1.29, 1.82) is 0 Å². The minimum absolute atomic E-state index is 0.00975. The van der Waals surface area contributed by atoms with E-state index in [0.29, 0.717) is 24.2 Å². The molecule has 0 aromatic rings. The lowest BCUT2D eigenvalue weighted by Gasteiger charge is -2.72. The highest BCUT2D eigenvalue weighted by molar-refractivity contribution is 6.00. The lowest BCUT2D eigenvalue weighted by atomic mass is 9.31. The number of rotatable bonds is 1. The smallest absolute Gasteiger partial charge is 0.312 e. The topological polar surface area (TPSA) is 80.7 Å². The first kappa shape index (κ1) is 26.9. The van der Waals surface area contributed by atoms with Gasteiger partial charge in [0.15, 0.2) is 5.78 Å². The van der Waals surface area contributed by atoms with Crippen molar-refractivity contribution >= 4 is 17.5 Å². The van der Waals surface area contributed by atoms with Gasteiger partial charge in [0.1, 0.15) is 5.78 Å². The minimum atomic E-state index is -0.566. The second kappa shape index (κ2) is 7.94. The highest BCUT2D eigenvalue weighted by atomic mass is 16.5. The Morgan fingerprint density at radius 2 is 1.57 bits per heavy atom. The predicted octanol–water partition coefficient (Wildman–Crippen LogP) is 6.84. The van der Waals surface area contributed by atoms with Gasteiger partial charge in [-0.05, 0) is 90.8 Å². The molecule has 206 valence electrons. The Labute approximate surface area is 223 Å². The molecule has 37 heavy (non-hydrogen) atoms. The van der Waals surface area contributed by atoms with Crippen LogP contribution in [-0.4, -0.2) is 29.8 Å². The fraction of sp³-hybridized carbons (Fsp3) is 0.844. The zero-order valence-electron chi connectivity index (χ0n) is 24.3. The van der Waals surface area contributed by atoms with E-state index >= 15 is 0 Å². The van der Waals surface area contributed by atoms with Crippen LogP contribution in [0, 0.1) is 56.2 Å². The highest BCUT2D eigenvalue weighted by Crippen LogP contribution is 2.76. The number of hydrogen-bond acceptors (Lipinski definition) is 5. The Balaban J connectivity index is 1.62. The van der Waals surface area contributed by atoms with Gasteiger partial charge < -0.3 is 9.84 Å². The number of ether oxygens (including phenoxy) is 1. The summed E-state index contributed by atoms with van der Waals surface area (Å²) in [7, 11) is 1.50. The second-order valence-corrected chi connectivity index (χ2v) is 15.6. The second-order valence-electron chi connectivity index (χ2n) is 15.6. The standard InChI is InChI=1S/C32H48O5/c1-27(2)11-13-32(26(36)37-8)14-12-31(7)24(20(32)17-27)21(34)15-23-29(5)16-19(18-33)25(35)28(3,4)22(29)9-10-30(23,31)6/h18,20,22-24,33H,9-17H2,1-8H3/b19-18+/t20-,22+,23-,24+,29+,30-,31-,32+/m1/s1. The summed E-state index contributed by atoms with van der Waals surface area (Å²) < 4.78 is 5.43. The lowest BCUT2D eigenvalue weighted by Crippen LogP contribution is -2.69. The molecule has 0 aliphatic heterocycles. The number of aliphatic hydroxyl groups excluding tert-OH is 1. The molecule has 5 aliphatic rings. The normalized spacial score (nSPS) is 49.4. The maximum Gasteiger partial charge on any atom is 0.312 e. The van der Waals surface area contributed by atoms with Gasteiger partial charge in [-0.15, -0.1) is 0 Å². The highest BCUT2D eigenvalue weighted by Gasteiger charge is 2.73. The van der Waals surface area contributed by atoms with E-state index in [4.69, 9.17) is 4.74 Å². The van der Waals surface area contributed by atoms with E-state index in [1.165, 1.54) is 7.11 Å². The molecule has 8 atom stereocenters. The van der Waals surface area contributed by atoms with Gasteiger partial charge in [-0.2, -0.15) is 0 Å². The van der Waals surface area contributed by atoms with Gasteiger partial charge >= 0.3 is 5.97 Å². The molecule has 0 radical (unpaired) electrons. The molecular formula is C32H48O5. The van der Waals surface area contributed by atoms with Gasteiger partial charge in [-0.3, -0.25) is 14.4 Å². The van der Waals surface area contributed by atoms with Gasteiger partial charge in [-0.25, -0.2) is 0 Å². The molecule has 0 bridgehead atoms. The molecule has 0 saturated heterocycles. The van der Waals surface area contributed by atoms with Crippen LogP contribution in [0.25, 0.3) is 0 Å². The van der Waals surface area contributed by atoms with Gasteiger partial charge in [-0.1, -0.05) is 48.5 Å². The van der Waals surface area contributed by atoms with Crippen LogP contribution in [0.1, 0.15) is 106 Å². The van der Waals surface area contributed by atoms with E-state index < -0.39 is 10.8 Å². The summed E-state index contributed by atoms with van der Waals surface area (Å²) in [5, 5.41) is 10.0. The Bertz CT molecular complexity index is 1070. The largest absolute Gasteiger partial charge is 0.515 e. The van der Waals surface area contributed by atoms with E-state index in [2.05, 4.69) is 34.6 Å². The van der Waals surface area contributed by atoms with Crippen LogP contribution in [0.5, 0.6) is 0 Å². The van der Waals surface area contributed by atoms with Crippen LogP contribution in [0.4, 0.5) is 0 Å². The number of aliphatic hydroxyl groups is 1. The van der Waals surface area contributed by atoms with Crippen molar-refractivity contribution in [1.82, 2.24) is 0 Å². The van der Waals surface area contributed by atoms with Gasteiger partial charge in [0.05, 0.1) is 18.8 Å². The number of methoxy groups -OCH3 is 1. The van der Waals surface area contributed by atoms with Crippen LogP contribution in [0.15, 0.2) is 11.8 Å². The maximum absolute atomic E-state index is 14.5. The average Bonchev–Trinajstić information content (AvgIpc) is 2.82. The quantitative estimate of drug-likeness (QED) is 0.236. The molecule has 5 saturated carbocycles. The third-order valence-electron chi connectivity index (χ3n) is 13.3. The Hall–Kier alpha value is -1.65. The minimum Gasteiger partial charge on any atom is -0.515 e. The molecule has 5 fully saturated rings. The van der Waals surface area contributed by atoms with Gasteiger partial charge in [0.2, 0.25) is 0 Å². The summed E-state index contributed by atoms with van der Waals surface area (Å²) in [5.41, 5.74) is -1.06. The van der Waals surface area contributed by atoms with Crippen molar-refractivity contribution < 1.29 is 24.2 Å². The Kier molecular flexibility index (Phi) is 5.78. The maximum atomic E-state index is 14.5. The number of allylic oxidation sites excluding steroid dienone is 1.